The molecule has 0 bridgehead atoms. The average molecular weight is 347 g/mol. The number of hydrogen-bond donors (Lipinski definition) is 2. The zero-order valence-corrected chi connectivity index (χ0v) is 14.4. The number of thioether (sulfide) groups is 1. The maximum Gasteiger partial charge on any atom is 0.322 e. The van der Waals surface area contributed by atoms with Crippen molar-refractivity contribution in [1.29, 1.82) is 0 Å². The molecular formula is C17H21N3O3S. The van der Waals surface area contributed by atoms with E-state index in [2.05, 4.69) is 41.8 Å². The lowest BCUT2D eigenvalue weighted by Gasteiger charge is -2.36. The van der Waals surface area contributed by atoms with Crippen LogP contribution in [0.25, 0.3) is 0 Å². The van der Waals surface area contributed by atoms with Gasteiger partial charge in [-0.2, -0.15) is 0 Å². The molecule has 2 heterocycles. The molecule has 128 valence electrons. The molecule has 1 aromatic carbocycles. The van der Waals surface area contributed by atoms with E-state index in [-0.39, 0.29) is 11.8 Å². The Balaban J connectivity index is 1.44. The minimum Gasteiger partial charge on any atom is -0.342 e. The van der Waals surface area contributed by atoms with Gasteiger partial charge in [0, 0.05) is 18.8 Å². The second-order valence-electron chi connectivity index (χ2n) is 6.35. The molecule has 6 nitrogen and oxygen atoms in total. The Hall–Kier alpha value is -2.02. The second kappa shape index (κ2) is 6.84. The van der Waals surface area contributed by atoms with Crippen LogP contribution < -0.4 is 10.6 Å². The normalized spacial score (nSPS) is 19.3. The molecule has 2 N–H and O–H groups in total. The number of carbonyl (C=O) groups excluding carboxylic acids is 3. The molecule has 24 heavy (non-hydrogen) atoms. The first-order chi connectivity index (χ1) is 11.5. The van der Waals surface area contributed by atoms with Gasteiger partial charge < -0.3 is 10.2 Å². The van der Waals surface area contributed by atoms with Crippen LogP contribution in [0.5, 0.6) is 0 Å². The van der Waals surface area contributed by atoms with Crippen LogP contribution in [-0.2, 0) is 15.3 Å². The molecule has 1 aromatic rings. The van der Waals surface area contributed by atoms with Gasteiger partial charge in [0.1, 0.15) is 5.54 Å². The SMILES string of the molecule is Cc1ccc(CSCC(=O)N2CCC3(CC2)NC(=O)NC3=O)cc1. The summed E-state index contributed by atoms with van der Waals surface area (Å²) in [6.07, 6.45) is 0.942. The quantitative estimate of drug-likeness (QED) is 0.808. The average Bonchev–Trinajstić information content (AvgIpc) is 2.83. The number of nitrogens with one attached hydrogen (secondary N) is 2. The van der Waals surface area contributed by atoms with E-state index in [0.29, 0.717) is 31.7 Å². The highest BCUT2D eigenvalue weighted by atomic mass is 32.2. The number of rotatable bonds is 4. The number of likely N-dealkylation sites (tertiary alicyclic amines) is 1. The number of nitrogens with zero attached hydrogens (tertiary/aromatic N) is 1. The molecule has 3 rings (SSSR count). The van der Waals surface area contributed by atoms with Gasteiger partial charge in [-0.1, -0.05) is 29.8 Å². The highest BCUT2D eigenvalue weighted by Gasteiger charge is 2.48. The number of urea groups is 1. The van der Waals surface area contributed by atoms with Crippen molar-refractivity contribution in [2.24, 2.45) is 0 Å². The van der Waals surface area contributed by atoms with Gasteiger partial charge in [-0.25, -0.2) is 4.79 Å². The fourth-order valence-electron chi connectivity index (χ4n) is 3.05. The minimum atomic E-state index is -0.817. The lowest BCUT2D eigenvalue weighted by molar-refractivity contribution is -0.133. The first-order valence-electron chi connectivity index (χ1n) is 8.03. The van der Waals surface area contributed by atoms with E-state index in [1.165, 1.54) is 11.1 Å². The van der Waals surface area contributed by atoms with Crippen molar-refractivity contribution >= 4 is 29.6 Å². The maximum atomic E-state index is 12.3. The number of carbonyl (C=O) groups is 3. The van der Waals surface area contributed by atoms with Crippen LogP contribution in [0.4, 0.5) is 4.79 Å². The molecule has 7 heteroatoms. The Labute approximate surface area is 145 Å². The van der Waals surface area contributed by atoms with Gasteiger partial charge in [-0.3, -0.25) is 14.9 Å². The van der Waals surface area contributed by atoms with Gasteiger partial charge in [-0.15, -0.1) is 11.8 Å². The fraction of sp³-hybridized carbons (Fsp3) is 0.471. The van der Waals surface area contributed by atoms with E-state index < -0.39 is 11.6 Å². The van der Waals surface area contributed by atoms with E-state index in [0.717, 1.165) is 5.75 Å². The number of hydrogen-bond acceptors (Lipinski definition) is 4. The lowest BCUT2D eigenvalue weighted by atomic mass is 9.88. The van der Waals surface area contributed by atoms with E-state index in [4.69, 9.17) is 0 Å². The van der Waals surface area contributed by atoms with E-state index in [1.807, 2.05) is 0 Å². The molecule has 2 aliphatic rings. The van der Waals surface area contributed by atoms with Crippen LogP contribution >= 0.6 is 11.8 Å². The number of benzene rings is 1. The van der Waals surface area contributed by atoms with Crippen molar-refractivity contribution in [3.8, 4) is 0 Å². The van der Waals surface area contributed by atoms with Gasteiger partial charge >= 0.3 is 6.03 Å². The van der Waals surface area contributed by atoms with E-state index in [1.54, 1.807) is 16.7 Å². The topological polar surface area (TPSA) is 78.5 Å². The summed E-state index contributed by atoms with van der Waals surface area (Å²) in [6, 6.07) is 7.87. The third-order valence-corrected chi connectivity index (χ3v) is 5.59. The van der Waals surface area contributed by atoms with Crippen LogP contribution in [0.2, 0.25) is 0 Å². The summed E-state index contributed by atoms with van der Waals surface area (Å²) in [7, 11) is 0. The van der Waals surface area contributed by atoms with Crippen LogP contribution in [0, 0.1) is 6.92 Å². The number of amides is 4. The van der Waals surface area contributed by atoms with Crippen molar-refractivity contribution in [2.45, 2.75) is 31.1 Å². The number of aryl methyl sites for hydroxylation is 1. The van der Waals surface area contributed by atoms with Crippen molar-refractivity contribution in [3.63, 3.8) is 0 Å². The zero-order valence-electron chi connectivity index (χ0n) is 13.6. The van der Waals surface area contributed by atoms with Crippen molar-refractivity contribution < 1.29 is 14.4 Å². The van der Waals surface area contributed by atoms with E-state index in [9.17, 15) is 14.4 Å². The molecule has 0 saturated carbocycles. The highest BCUT2D eigenvalue weighted by molar-refractivity contribution is 7.99. The number of piperidine rings is 1. The summed E-state index contributed by atoms with van der Waals surface area (Å²) in [5.41, 5.74) is 1.62. The van der Waals surface area contributed by atoms with Gasteiger partial charge in [-0.05, 0) is 25.3 Å². The lowest BCUT2D eigenvalue weighted by Crippen LogP contribution is -2.56. The first kappa shape index (κ1) is 16.8. The molecule has 0 unspecified atom stereocenters. The predicted octanol–water partition coefficient (Wildman–Crippen LogP) is 1.43. The van der Waals surface area contributed by atoms with E-state index >= 15 is 0 Å². The molecule has 0 aromatic heterocycles. The molecule has 2 saturated heterocycles. The molecular weight excluding hydrogens is 326 g/mol. The zero-order chi connectivity index (χ0) is 17.2. The molecule has 0 radical (unpaired) electrons. The maximum absolute atomic E-state index is 12.3. The van der Waals surface area contributed by atoms with Crippen molar-refractivity contribution in [3.05, 3.63) is 35.4 Å². The highest BCUT2D eigenvalue weighted by Crippen LogP contribution is 2.26. The van der Waals surface area contributed by atoms with Crippen LogP contribution in [0.3, 0.4) is 0 Å². The molecule has 0 aliphatic carbocycles. The summed E-state index contributed by atoms with van der Waals surface area (Å²) in [6.45, 7) is 3.05. The summed E-state index contributed by atoms with van der Waals surface area (Å²) < 4.78 is 0. The minimum absolute atomic E-state index is 0.0895. The van der Waals surface area contributed by atoms with Crippen molar-refractivity contribution in [2.75, 3.05) is 18.8 Å². The Kier molecular flexibility index (Phi) is 4.80. The van der Waals surface area contributed by atoms with Gasteiger partial charge in [0.05, 0.1) is 5.75 Å². The second-order valence-corrected chi connectivity index (χ2v) is 7.34. The standard InChI is InChI=1S/C17H21N3O3S/c1-12-2-4-13(5-3-12)10-24-11-14(21)20-8-6-17(7-9-20)15(22)18-16(23)19-17/h2-5H,6-11H2,1H3,(H2,18,19,22,23). The Morgan fingerprint density at radius 2 is 1.88 bits per heavy atom. The van der Waals surface area contributed by atoms with Gasteiger partial charge in [0.2, 0.25) is 5.91 Å². The molecule has 0 atom stereocenters. The summed E-state index contributed by atoms with van der Waals surface area (Å²) >= 11 is 1.60. The molecule has 2 aliphatic heterocycles. The number of imide groups is 1. The van der Waals surface area contributed by atoms with Crippen LogP contribution in [0.15, 0.2) is 24.3 Å². The molecule has 2 fully saturated rings. The third kappa shape index (κ3) is 3.56. The Morgan fingerprint density at radius 3 is 2.46 bits per heavy atom. The predicted molar refractivity (Wildman–Crippen MR) is 92.6 cm³/mol. The Morgan fingerprint density at radius 1 is 1.21 bits per heavy atom. The molecule has 4 amide bonds. The third-order valence-electron chi connectivity index (χ3n) is 4.60. The summed E-state index contributed by atoms with van der Waals surface area (Å²) in [5, 5.41) is 4.99. The summed E-state index contributed by atoms with van der Waals surface area (Å²) in [5.74, 6) is 1.06. The fourth-order valence-corrected chi connectivity index (χ4v) is 3.94. The Bertz CT molecular complexity index is 652. The largest absolute Gasteiger partial charge is 0.342 e. The smallest absolute Gasteiger partial charge is 0.322 e. The molecule has 1 spiro atoms. The van der Waals surface area contributed by atoms with Gasteiger partial charge in [0.15, 0.2) is 0 Å². The first-order valence-corrected chi connectivity index (χ1v) is 9.19. The van der Waals surface area contributed by atoms with Crippen LogP contribution in [-0.4, -0.2) is 47.1 Å². The monoisotopic (exact) mass is 347 g/mol. The van der Waals surface area contributed by atoms with Crippen molar-refractivity contribution in [1.82, 2.24) is 15.5 Å². The summed E-state index contributed by atoms with van der Waals surface area (Å²) in [4.78, 5) is 37.3. The van der Waals surface area contributed by atoms with Crippen LogP contribution in [0.1, 0.15) is 24.0 Å². The van der Waals surface area contributed by atoms with Gasteiger partial charge in [0.25, 0.3) is 5.91 Å².